The molecule has 0 atom stereocenters. The van der Waals surface area contributed by atoms with Gasteiger partial charge in [-0.25, -0.2) is 0 Å². The molecule has 0 saturated heterocycles. The van der Waals surface area contributed by atoms with E-state index in [1.54, 1.807) is 19.1 Å². The highest BCUT2D eigenvalue weighted by Crippen LogP contribution is 2.28. The van der Waals surface area contributed by atoms with Gasteiger partial charge in [0.2, 0.25) is 5.70 Å². The van der Waals surface area contributed by atoms with Gasteiger partial charge in [0, 0.05) is 24.1 Å². The molecule has 0 aliphatic carbocycles. The fourth-order valence-corrected chi connectivity index (χ4v) is 1.77. The number of hydrogen-bond acceptors (Lipinski definition) is 4. The number of rotatable bonds is 5. The normalized spacial score (nSPS) is 11.7. The summed E-state index contributed by atoms with van der Waals surface area (Å²) in [7, 11) is 0. The zero-order valence-electron chi connectivity index (χ0n) is 11.1. The third kappa shape index (κ3) is 3.61. The van der Waals surface area contributed by atoms with Crippen LogP contribution in [0.2, 0.25) is 0 Å². The van der Waals surface area contributed by atoms with Gasteiger partial charge in [-0.3, -0.25) is 20.2 Å². The van der Waals surface area contributed by atoms with Gasteiger partial charge in [0.05, 0.1) is 9.85 Å². The zero-order valence-corrected chi connectivity index (χ0v) is 11.1. The molecular formula is C13H16N2O4. The largest absolute Gasteiger partial charge is 0.273 e. The Morgan fingerprint density at radius 2 is 1.95 bits per heavy atom. The number of nitrogens with zero attached hydrogens (tertiary/aromatic N) is 2. The molecule has 0 aliphatic rings. The van der Waals surface area contributed by atoms with Crippen molar-refractivity contribution in [3.8, 4) is 0 Å². The Labute approximate surface area is 111 Å². The molecule has 19 heavy (non-hydrogen) atoms. The van der Waals surface area contributed by atoms with E-state index in [0.717, 1.165) is 0 Å². The lowest BCUT2D eigenvalue weighted by atomic mass is 9.99. The summed E-state index contributed by atoms with van der Waals surface area (Å²) in [4.78, 5) is 20.8. The second-order valence-corrected chi connectivity index (χ2v) is 4.48. The maximum absolute atomic E-state index is 11.0. The van der Waals surface area contributed by atoms with Crippen molar-refractivity contribution in [3.05, 3.63) is 55.3 Å². The van der Waals surface area contributed by atoms with Gasteiger partial charge in [0.15, 0.2) is 0 Å². The van der Waals surface area contributed by atoms with Crippen LogP contribution in [0.4, 0.5) is 5.69 Å². The molecular weight excluding hydrogens is 248 g/mol. The van der Waals surface area contributed by atoms with E-state index in [9.17, 15) is 20.2 Å². The smallest absolute Gasteiger partial charge is 0.259 e. The fourth-order valence-electron chi connectivity index (χ4n) is 1.77. The number of allylic oxidation sites excluding steroid dienone is 1. The minimum Gasteiger partial charge on any atom is -0.259 e. The van der Waals surface area contributed by atoms with E-state index < -0.39 is 9.85 Å². The first kappa shape index (κ1) is 14.8. The Hall–Kier alpha value is -2.24. The van der Waals surface area contributed by atoms with Crippen LogP contribution in [0.3, 0.4) is 0 Å². The molecule has 0 spiro atoms. The van der Waals surface area contributed by atoms with Crippen molar-refractivity contribution >= 4 is 11.8 Å². The number of hydrogen-bond donors (Lipinski definition) is 0. The maximum Gasteiger partial charge on any atom is 0.273 e. The summed E-state index contributed by atoms with van der Waals surface area (Å²) in [6, 6.07) is 4.71. The van der Waals surface area contributed by atoms with Crippen molar-refractivity contribution in [2.75, 3.05) is 0 Å². The summed E-state index contributed by atoms with van der Waals surface area (Å²) in [5.74, 6) is 0.0274. The third-order valence-corrected chi connectivity index (χ3v) is 2.80. The standard InChI is InChI=1S/C13H16N2O4/c1-4-11(14(16)17)7-10-5-6-12(9(2)3)13(8-10)15(18)19/h5-9H,4H2,1-3H3. The Kier molecular flexibility index (Phi) is 4.74. The van der Waals surface area contributed by atoms with Crippen LogP contribution in [-0.4, -0.2) is 9.85 Å². The summed E-state index contributed by atoms with van der Waals surface area (Å²) in [6.45, 7) is 5.41. The highest BCUT2D eigenvalue weighted by atomic mass is 16.6. The van der Waals surface area contributed by atoms with Crippen LogP contribution in [0, 0.1) is 20.2 Å². The predicted molar refractivity (Wildman–Crippen MR) is 72.4 cm³/mol. The zero-order chi connectivity index (χ0) is 14.6. The van der Waals surface area contributed by atoms with Crippen molar-refractivity contribution in [1.82, 2.24) is 0 Å². The molecule has 0 radical (unpaired) electrons. The first-order chi connectivity index (χ1) is 8.86. The molecule has 6 heteroatoms. The highest BCUT2D eigenvalue weighted by Gasteiger charge is 2.17. The molecule has 0 amide bonds. The first-order valence-corrected chi connectivity index (χ1v) is 6.00. The van der Waals surface area contributed by atoms with Gasteiger partial charge in [-0.1, -0.05) is 32.9 Å². The molecule has 0 aliphatic heterocycles. The van der Waals surface area contributed by atoms with Gasteiger partial charge in [0.1, 0.15) is 0 Å². The van der Waals surface area contributed by atoms with Crippen molar-refractivity contribution in [3.63, 3.8) is 0 Å². The maximum atomic E-state index is 11.0. The van der Waals surface area contributed by atoms with Crippen LogP contribution >= 0.6 is 0 Å². The second-order valence-electron chi connectivity index (χ2n) is 4.48. The molecule has 1 aromatic rings. The fraction of sp³-hybridized carbons (Fsp3) is 0.385. The molecule has 0 unspecified atom stereocenters. The summed E-state index contributed by atoms with van der Waals surface area (Å²) in [5.41, 5.74) is 1.14. The van der Waals surface area contributed by atoms with E-state index in [-0.39, 0.29) is 23.7 Å². The number of nitro groups is 2. The molecule has 0 bridgehead atoms. The Bertz CT molecular complexity index is 535. The van der Waals surface area contributed by atoms with E-state index in [1.165, 1.54) is 12.1 Å². The topological polar surface area (TPSA) is 86.3 Å². The van der Waals surface area contributed by atoms with Crippen molar-refractivity contribution < 1.29 is 9.85 Å². The van der Waals surface area contributed by atoms with E-state index >= 15 is 0 Å². The molecule has 1 rings (SSSR count). The molecule has 6 nitrogen and oxygen atoms in total. The van der Waals surface area contributed by atoms with E-state index in [4.69, 9.17) is 0 Å². The van der Waals surface area contributed by atoms with Crippen LogP contribution in [0.25, 0.3) is 6.08 Å². The van der Waals surface area contributed by atoms with Gasteiger partial charge >= 0.3 is 0 Å². The van der Waals surface area contributed by atoms with Crippen molar-refractivity contribution in [2.45, 2.75) is 33.1 Å². The van der Waals surface area contributed by atoms with Gasteiger partial charge in [-0.2, -0.15) is 0 Å². The first-order valence-electron chi connectivity index (χ1n) is 6.00. The summed E-state index contributed by atoms with van der Waals surface area (Å²) >= 11 is 0. The molecule has 1 aromatic carbocycles. The Morgan fingerprint density at radius 3 is 2.37 bits per heavy atom. The SMILES string of the molecule is CCC(=Cc1ccc(C(C)C)c([N+](=O)[O-])c1)[N+](=O)[O-]. The Balaban J connectivity index is 3.30. The average Bonchev–Trinajstić information content (AvgIpc) is 2.34. The van der Waals surface area contributed by atoms with Crippen LogP contribution in [0.5, 0.6) is 0 Å². The molecule has 0 saturated carbocycles. The number of nitro benzene ring substituents is 1. The lowest BCUT2D eigenvalue weighted by Gasteiger charge is -2.07. The van der Waals surface area contributed by atoms with Gasteiger partial charge < -0.3 is 0 Å². The minimum atomic E-state index is -0.470. The van der Waals surface area contributed by atoms with Crippen molar-refractivity contribution in [2.24, 2.45) is 0 Å². The molecule has 0 fully saturated rings. The average molecular weight is 264 g/mol. The lowest BCUT2D eigenvalue weighted by molar-refractivity contribution is -0.425. The minimum absolute atomic E-state index is 0.00236. The van der Waals surface area contributed by atoms with Gasteiger partial charge in [-0.05, 0) is 11.5 Å². The highest BCUT2D eigenvalue weighted by molar-refractivity contribution is 5.57. The van der Waals surface area contributed by atoms with Gasteiger partial charge in [0.25, 0.3) is 5.69 Å². The summed E-state index contributed by atoms with van der Waals surface area (Å²) in [5, 5.41) is 21.8. The molecule has 0 aromatic heterocycles. The summed E-state index contributed by atoms with van der Waals surface area (Å²) < 4.78 is 0. The monoisotopic (exact) mass is 264 g/mol. The predicted octanol–water partition coefficient (Wildman–Crippen LogP) is 3.75. The van der Waals surface area contributed by atoms with Crippen LogP contribution in [-0.2, 0) is 0 Å². The van der Waals surface area contributed by atoms with E-state index in [0.29, 0.717) is 11.1 Å². The van der Waals surface area contributed by atoms with Crippen LogP contribution < -0.4 is 0 Å². The van der Waals surface area contributed by atoms with Crippen LogP contribution in [0.1, 0.15) is 44.2 Å². The lowest BCUT2D eigenvalue weighted by Crippen LogP contribution is -1.99. The van der Waals surface area contributed by atoms with Crippen LogP contribution in [0.15, 0.2) is 23.9 Å². The third-order valence-electron chi connectivity index (χ3n) is 2.80. The Morgan fingerprint density at radius 1 is 1.32 bits per heavy atom. The summed E-state index contributed by atoms with van der Waals surface area (Å²) in [6.07, 6.45) is 1.64. The molecule has 0 N–H and O–H groups in total. The number of benzene rings is 1. The molecule has 102 valence electrons. The van der Waals surface area contributed by atoms with E-state index in [2.05, 4.69) is 0 Å². The van der Waals surface area contributed by atoms with Crippen molar-refractivity contribution in [1.29, 1.82) is 0 Å². The quantitative estimate of drug-likeness (QED) is 0.598. The molecule has 0 heterocycles. The second kappa shape index (κ2) is 6.08. The van der Waals surface area contributed by atoms with E-state index in [1.807, 2.05) is 13.8 Å². The van der Waals surface area contributed by atoms with Gasteiger partial charge in [-0.15, -0.1) is 0 Å².